The standard InChI is InChI=1S/C22H37N3O5.HI/c1-4-23-22(24-8-5-9-30-16-17-6-10-29-11-7-17)25-15-21(26)18-12-19(27-2)14-20(13-18)28-3;/h12-14,17,21,26H,4-11,15-16H2,1-3H3,(H2,23,24,25);1H. The highest BCUT2D eigenvalue weighted by Gasteiger charge is 2.14. The molecule has 9 heteroatoms. The lowest BCUT2D eigenvalue weighted by molar-refractivity contribution is 0.0203. The minimum Gasteiger partial charge on any atom is -0.497 e. The van der Waals surface area contributed by atoms with Gasteiger partial charge in [-0.2, -0.15) is 0 Å². The molecule has 1 fully saturated rings. The molecule has 0 spiro atoms. The van der Waals surface area contributed by atoms with Crippen molar-refractivity contribution in [2.75, 3.05) is 60.3 Å². The number of benzene rings is 1. The van der Waals surface area contributed by atoms with Crippen molar-refractivity contribution in [2.45, 2.75) is 32.3 Å². The van der Waals surface area contributed by atoms with Crippen LogP contribution in [-0.4, -0.2) is 71.3 Å². The molecule has 1 saturated heterocycles. The second-order valence-electron chi connectivity index (χ2n) is 7.29. The summed E-state index contributed by atoms with van der Waals surface area (Å²) in [5.74, 6) is 2.58. The second kappa shape index (κ2) is 16.3. The lowest BCUT2D eigenvalue weighted by Gasteiger charge is -2.21. The first kappa shape index (κ1) is 27.7. The maximum atomic E-state index is 10.5. The van der Waals surface area contributed by atoms with Gasteiger partial charge in [0.25, 0.3) is 0 Å². The molecule has 178 valence electrons. The van der Waals surface area contributed by atoms with Gasteiger partial charge in [-0.25, -0.2) is 0 Å². The molecule has 31 heavy (non-hydrogen) atoms. The van der Waals surface area contributed by atoms with E-state index < -0.39 is 6.10 Å². The van der Waals surface area contributed by atoms with E-state index in [-0.39, 0.29) is 30.5 Å². The van der Waals surface area contributed by atoms with E-state index in [0.29, 0.717) is 28.9 Å². The molecule has 0 aromatic heterocycles. The molecule has 8 nitrogen and oxygen atoms in total. The maximum Gasteiger partial charge on any atom is 0.191 e. The van der Waals surface area contributed by atoms with E-state index in [2.05, 4.69) is 15.6 Å². The third-order valence-corrected chi connectivity index (χ3v) is 4.98. The topological polar surface area (TPSA) is 93.6 Å². The molecule has 1 heterocycles. The summed E-state index contributed by atoms with van der Waals surface area (Å²) in [5.41, 5.74) is 0.701. The van der Waals surface area contributed by atoms with Crippen LogP contribution in [0.25, 0.3) is 0 Å². The summed E-state index contributed by atoms with van der Waals surface area (Å²) >= 11 is 0. The number of aliphatic hydroxyl groups excluding tert-OH is 1. The lowest BCUT2D eigenvalue weighted by Crippen LogP contribution is -2.38. The van der Waals surface area contributed by atoms with Crippen molar-refractivity contribution in [3.8, 4) is 11.5 Å². The SMILES string of the molecule is CCNC(=NCC(O)c1cc(OC)cc(OC)c1)NCCCOCC1CCOCC1.I. The molecule has 2 rings (SSSR count). The minimum absolute atomic E-state index is 0. The molecule has 0 bridgehead atoms. The van der Waals surface area contributed by atoms with Gasteiger partial charge in [0, 0.05) is 45.6 Å². The smallest absolute Gasteiger partial charge is 0.191 e. The van der Waals surface area contributed by atoms with Gasteiger partial charge < -0.3 is 34.7 Å². The van der Waals surface area contributed by atoms with E-state index in [1.807, 2.05) is 6.92 Å². The van der Waals surface area contributed by atoms with Crippen LogP contribution < -0.4 is 20.1 Å². The van der Waals surface area contributed by atoms with Crippen LogP contribution in [0.3, 0.4) is 0 Å². The number of guanidine groups is 1. The van der Waals surface area contributed by atoms with E-state index in [4.69, 9.17) is 18.9 Å². The highest BCUT2D eigenvalue weighted by Crippen LogP contribution is 2.26. The van der Waals surface area contributed by atoms with E-state index in [0.717, 1.165) is 58.8 Å². The largest absolute Gasteiger partial charge is 0.497 e. The Morgan fingerprint density at radius 2 is 1.84 bits per heavy atom. The van der Waals surface area contributed by atoms with Crippen LogP contribution in [0, 0.1) is 5.92 Å². The van der Waals surface area contributed by atoms with Gasteiger partial charge in [0.05, 0.1) is 26.9 Å². The van der Waals surface area contributed by atoms with Crippen LogP contribution in [0.4, 0.5) is 0 Å². The van der Waals surface area contributed by atoms with Gasteiger partial charge in [-0.15, -0.1) is 24.0 Å². The summed E-state index contributed by atoms with van der Waals surface area (Å²) in [6, 6.07) is 5.35. The summed E-state index contributed by atoms with van der Waals surface area (Å²) in [5, 5.41) is 17.0. The summed E-state index contributed by atoms with van der Waals surface area (Å²) in [4.78, 5) is 4.50. The van der Waals surface area contributed by atoms with Crippen LogP contribution in [0.2, 0.25) is 0 Å². The fourth-order valence-corrected chi connectivity index (χ4v) is 3.19. The van der Waals surface area contributed by atoms with Gasteiger partial charge in [-0.3, -0.25) is 4.99 Å². The van der Waals surface area contributed by atoms with Crippen LogP contribution in [-0.2, 0) is 9.47 Å². The van der Waals surface area contributed by atoms with Gasteiger partial charge in [-0.1, -0.05) is 0 Å². The minimum atomic E-state index is -0.757. The summed E-state index contributed by atoms with van der Waals surface area (Å²) in [6.45, 7) is 6.98. The predicted octanol–water partition coefficient (Wildman–Crippen LogP) is 2.74. The first-order valence-electron chi connectivity index (χ1n) is 10.7. The monoisotopic (exact) mass is 551 g/mol. The van der Waals surface area contributed by atoms with Crippen LogP contribution >= 0.6 is 24.0 Å². The number of hydrogen-bond acceptors (Lipinski definition) is 6. The van der Waals surface area contributed by atoms with E-state index in [9.17, 15) is 5.11 Å². The van der Waals surface area contributed by atoms with E-state index in [1.54, 1.807) is 32.4 Å². The fraction of sp³-hybridized carbons (Fsp3) is 0.682. The quantitative estimate of drug-likeness (QED) is 0.159. The Kier molecular flexibility index (Phi) is 14.6. The number of nitrogens with zero attached hydrogens (tertiary/aromatic N) is 1. The van der Waals surface area contributed by atoms with Crippen molar-refractivity contribution >= 4 is 29.9 Å². The van der Waals surface area contributed by atoms with E-state index >= 15 is 0 Å². The maximum absolute atomic E-state index is 10.5. The first-order valence-corrected chi connectivity index (χ1v) is 10.7. The molecular formula is C22H38IN3O5. The number of methoxy groups -OCH3 is 2. The van der Waals surface area contributed by atoms with E-state index in [1.165, 1.54) is 0 Å². The van der Waals surface area contributed by atoms with Crippen molar-refractivity contribution in [3.05, 3.63) is 23.8 Å². The Hall–Kier alpha value is -1.30. The number of rotatable bonds is 12. The average molecular weight is 551 g/mol. The summed E-state index contributed by atoms with van der Waals surface area (Å²) in [6.07, 6.45) is 2.32. The van der Waals surface area contributed by atoms with Crippen molar-refractivity contribution < 1.29 is 24.1 Å². The zero-order valence-electron chi connectivity index (χ0n) is 18.9. The second-order valence-corrected chi connectivity index (χ2v) is 7.29. The molecule has 1 aliphatic heterocycles. The lowest BCUT2D eigenvalue weighted by atomic mass is 10.0. The number of aliphatic imine (C=N–C) groups is 1. The molecule has 3 N–H and O–H groups in total. The summed E-state index contributed by atoms with van der Waals surface area (Å²) < 4.78 is 21.7. The molecule has 0 amide bonds. The van der Waals surface area contributed by atoms with Gasteiger partial charge in [0.1, 0.15) is 11.5 Å². The van der Waals surface area contributed by atoms with Gasteiger partial charge in [0.2, 0.25) is 0 Å². The highest BCUT2D eigenvalue weighted by atomic mass is 127. The van der Waals surface area contributed by atoms with Crippen LogP contribution in [0.5, 0.6) is 11.5 Å². The Balaban J connectivity index is 0.00000480. The molecule has 1 aromatic carbocycles. The third kappa shape index (κ3) is 10.7. The first-order chi connectivity index (χ1) is 14.7. The Labute approximate surface area is 203 Å². The zero-order chi connectivity index (χ0) is 21.6. The number of aliphatic hydroxyl groups is 1. The van der Waals surface area contributed by atoms with Crippen molar-refractivity contribution in [3.63, 3.8) is 0 Å². The number of hydrogen-bond donors (Lipinski definition) is 3. The fourth-order valence-electron chi connectivity index (χ4n) is 3.19. The molecule has 0 saturated carbocycles. The van der Waals surface area contributed by atoms with Gasteiger partial charge in [-0.05, 0) is 49.8 Å². The highest BCUT2D eigenvalue weighted by molar-refractivity contribution is 14.0. The molecule has 1 aromatic rings. The van der Waals surface area contributed by atoms with Gasteiger partial charge in [0.15, 0.2) is 5.96 Å². The zero-order valence-corrected chi connectivity index (χ0v) is 21.2. The average Bonchev–Trinajstić information content (AvgIpc) is 2.79. The molecule has 1 atom stereocenters. The van der Waals surface area contributed by atoms with Crippen molar-refractivity contribution in [2.24, 2.45) is 10.9 Å². The molecule has 1 aliphatic rings. The summed E-state index contributed by atoms with van der Waals surface area (Å²) in [7, 11) is 3.17. The van der Waals surface area contributed by atoms with Crippen molar-refractivity contribution in [1.82, 2.24) is 10.6 Å². The van der Waals surface area contributed by atoms with Crippen LogP contribution in [0.1, 0.15) is 37.9 Å². The number of halogens is 1. The number of ether oxygens (including phenoxy) is 4. The predicted molar refractivity (Wildman–Crippen MR) is 133 cm³/mol. The Morgan fingerprint density at radius 3 is 2.45 bits per heavy atom. The van der Waals surface area contributed by atoms with Crippen molar-refractivity contribution in [1.29, 1.82) is 0 Å². The molecular weight excluding hydrogens is 513 g/mol. The van der Waals surface area contributed by atoms with Gasteiger partial charge >= 0.3 is 0 Å². The molecule has 0 aliphatic carbocycles. The normalized spacial score (nSPS) is 15.7. The Bertz CT molecular complexity index is 619. The third-order valence-electron chi connectivity index (χ3n) is 4.98. The molecule has 1 unspecified atom stereocenters. The van der Waals surface area contributed by atoms with Crippen LogP contribution in [0.15, 0.2) is 23.2 Å². The molecule has 0 radical (unpaired) electrons. The number of nitrogens with one attached hydrogen (secondary N) is 2. The Morgan fingerprint density at radius 1 is 1.16 bits per heavy atom.